The van der Waals surface area contributed by atoms with Crippen LogP contribution in [-0.4, -0.2) is 28.3 Å². The Morgan fingerprint density at radius 1 is 1.53 bits per heavy atom. The summed E-state index contributed by atoms with van der Waals surface area (Å²) >= 11 is 1.33. The van der Waals surface area contributed by atoms with Crippen LogP contribution in [0, 0.1) is 0 Å². The largest absolute Gasteiger partial charge is 0.461 e. The number of ether oxygens (including phenoxy) is 1. The minimum Gasteiger partial charge on any atom is -0.461 e. The van der Waals surface area contributed by atoms with Gasteiger partial charge in [0.1, 0.15) is 6.61 Å². The van der Waals surface area contributed by atoms with Crippen LogP contribution in [0.3, 0.4) is 0 Å². The van der Waals surface area contributed by atoms with Gasteiger partial charge in [0.05, 0.1) is 16.8 Å². The average Bonchev–Trinajstić information content (AvgIpc) is 2.76. The number of nitrogens with zero attached hydrogens (tertiary/aromatic N) is 1. The highest BCUT2D eigenvalue weighted by molar-refractivity contribution is 7.99. The zero-order valence-electron chi connectivity index (χ0n) is 9.18. The molecule has 0 unspecified atom stereocenters. The third-order valence-electron chi connectivity index (χ3n) is 2.06. The molecule has 0 spiro atoms. The van der Waals surface area contributed by atoms with Gasteiger partial charge in [-0.1, -0.05) is 36.5 Å². The van der Waals surface area contributed by atoms with Gasteiger partial charge in [-0.3, -0.25) is 4.79 Å². The van der Waals surface area contributed by atoms with Gasteiger partial charge >= 0.3 is 5.97 Å². The van der Waals surface area contributed by atoms with Gasteiger partial charge in [0.25, 0.3) is 0 Å². The van der Waals surface area contributed by atoms with Crippen LogP contribution >= 0.6 is 11.8 Å². The van der Waals surface area contributed by atoms with Crippen LogP contribution in [0.2, 0.25) is 0 Å². The maximum atomic E-state index is 11.3. The Bertz CT molecular complexity index is 503. The number of imidazole rings is 1. The number of rotatable bonds is 5. The molecule has 0 amide bonds. The fourth-order valence-corrected chi connectivity index (χ4v) is 2.00. The molecule has 0 saturated carbocycles. The lowest BCUT2D eigenvalue weighted by Crippen LogP contribution is -2.07. The molecule has 0 radical (unpaired) electrons. The van der Waals surface area contributed by atoms with E-state index in [1.165, 1.54) is 11.8 Å². The molecule has 1 aromatic carbocycles. The molecule has 0 aliphatic heterocycles. The minimum atomic E-state index is -0.268. The molecule has 0 bridgehead atoms. The van der Waals surface area contributed by atoms with Crippen LogP contribution in [0.25, 0.3) is 11.0 Å². The van der Waals surface area contributed by atoms with E-state index in [1.807, 2.05) is 24.3 Å². The first-order valence-electron chi connectivity index (χ1n) is 5.13. The van der Waals surface area contributed by atoms with Crippen LogP contribution in [-0.2, 0) is 9.53 Å². The SMILES string of the molecule is C=CCOC(=O)CSc1nc2ccccc2[nH]1. The van der Waals surface area contributed by atoms with Crippen molar-refractivity contribution < 1.29 is 9.53 Å². The monoisotopic (exact) mass is 248 g/mol. The number of aromatic amines is 1. The molecule has 2 aromatic rings. The van der Waals surface area contributed by atoms with E-state index < -0.39 is 0 Å². The van der Waals surface area contributed by atoms with Crippen molar-refractivity contribution in [1.82, 2.24) is 9.97 Å². The molecule has 88 valence electrons. The zero-order valence-corrected chi connectivity index (χ0v) is 10.00. The first-order valence-corrected chi connectivity index (χ1v) is 6.12. The number of para-hydroxylation sites is 2. The lowest BCUT2D eigenvalue weighted by atomic mass is 10.3. The highest BCUT2D eigenvalue weighted by Gasteiger charge is 2.06. The van der Waals surface area contributed by atoms with Gasteiger partial charge < -0.3 is 9.72 Å². The quantitative estimate of drug-likeness (QED) is 0.501. The van der Waals surface area contributed by atoms with E-state index in [0.717, 1.165) is 16.2 Å². The lowest BCUT2D eigenvalue weighted by molar-refractivity contribution is -0.139. The summed E-state index contributed by atoms with van der Waals surface area (Å²) in [6.07, 6.45) is 1.55. The van der Waals surface area contributed by atoms with Gasteiger partial charge in [-0.25, -0.2) is 4.98 Å². The fraction of sp³-hybridized carbons (Fsp3) is 0.167. The van der Waals surface area contributed by atoms with Crippen molar-refractivity contribution in [2.45, 2.75) is 5.16 Å². The average molecular weight is 248 g/mol. The van der Waals surface area contributed by atoms with E-state index in [1.54, 1.807) is 6.08 Å². The number of hydrogen-bond acceptors (Lipinski definition) is 4. The van der Waals surface area contributed by atoms with Gasteiger partial charge in [-0.05, 0) is 12.1 Å². The number of fused-ring (bicyclic) bond motifs is 1. The van der Waals surface area contributed by atoms with Gasteiger partial charge in [0, 0.05) is 0 Å². The second-order valence-corrected chi connectivity index (χ2v) is 4.28. The number of hydrogen-bond donors (Lipinski definition) is 1. The molecule has 0 saturated heterocycles. The van der Waals surface area contributed by atoms with Crippen LogP contribution in [0.5, 0.6) is 0 Å². The molecule has 0 atom stereocenters. The number of carbonyl (C=O) groups is 1. The molecule has 17 heavy (non-hydrogen) atoms. The van der Waals surface area contributed by atoms with Crippen LogP contribution in [0.4, 0.5) is 0 Å². The molecule has 0 aliphatic carbocycles. The summed E-state index contributed by atoms with van der Waals surface area (Å²) in [7, 11) is 0. The number of aromatic nitrogens is 2. The number of H-pyrrole nitrogens is 1. The summed E-state index contributed by atoms with van der Waals surface area (Å²) in [5.74, 6) is -0.0245. The Kier molecular flexibility index (Phi) is 3.82. The Morgan fingerprint density at radius 2 is 2.35 bits per heavy atom. The standard InChI is InChI=1S/C12H12N2O2S/c1-2-7-16-11(15)8-17-12-13-9-5-3-4-6-10(9)14-12/h2-6H,1,7-8H2,(H,13,14). The highest BCUT2D eigenvalue weighted by atomic mass is 32.2. The molecule has 1 N–H and O–H groups in total. The molecule has 4 nitrogen and oxygen atoms in total. The Hall–Kier alpha value is -1.75. The number of nitrogens with one attached hydrogen (secondary N) is 1. The van der Waals surface area contributed by atoms with Crippen LogP contribution in [0.15, 0.2) is 42.1 Å². The normalized spacial score (nSPS) is 10.4. The number of thioether (sulfide) groups is 1. The van der Waals surface area contributed by atoms with Crippen molar-refractivity contribution in [3.63, 3.8) is 0 Å². The lowest BCUT2D eigenvalue weighted by Gasteiger charge is -1.99. The number of benzene rings is 1. The maximum Gasteiger partial charge on any atom is 0.316 e. The van der Waals surface area contributed by atoms with Crippen molar-refractivity contribution in [2.24, 2.45) is 0 Å². The Labute approximate surface area is 103 Å². The summed E-state index contributed by atoms with van der Waals surface area (Å²) in [5.41, 5.74) is 1.86. The van der Waals surface area contributed by atoms with Gasteiger partial charge in [-0.2, -0.15) is 0 Å². The molecule has 0 aliphatic rings. The molecular weight excluding hydrogens is 236 g/mol. The summed E-state index contributed by atoms with van der Waals surface area (Å²) < 4.78 is 4.87. The van der Waals surface area contributed by atoms with E-state index in [-0.39, 0.29) is 18.3 Å². The molecule has 1 aromatic heterocycles. The third-order valence-corrected chi connectivity index (χ3v) is 2.90. The number of carbonyl (C=O) groups excluding carboxylic acids is 1. The zero-order chi connectivity index (χ0) is 12.1. The van der Waals surface area contributed by atoms with E-state index in [2.05, 4.69) is 16.5 Å². The first kappa shape index (κ1) is 11.7. The van der Waals surface area contributed by atoms with Crippen molar-refractivity contribution in [3.05, 3.63) is 36.9 Å². The van der Waals surface area contributed by atoms with E-state index in [4.69, 9.17) is 4.74 Å². The van der Waals surface area contributed by atoms with Crippen LogP contribution < -0.4 is 0 Å². The second-order valence-electron chi connectivity index (χ2n) is 3.32. The smallest absolute Gasteiger partial charge is 0.316 e. The van der Waals surface area contributed by atoms with Crippen molar-refractivity contribution in [1.29, 1.82) is 0 Å². The minimum absolute atomic E-state index is 0.244. The van der Waals surface area contributed by atoms with E-state index in [9.17, 15) is 4.79 Å². The van der Waals surface area contributed by atoms with Gasteiger partial charge in [0.15, 0.2) is 5.16 Å². The molecule has 5 heteroatoms. The van der Waals surface area contributed by atoms with E-state index in [0.29, 0.717) is 0 Å². The van der Waals surface area contributed by atoms with Gasteiger partial charge in [0.2, 0.25) is 0 Å². The number of esters is 1. The molecule has 2 rings (SSSR count). The first-order chi connectivity index (χ1) is 8.29. The summed E-state index contributed by atoms with van der Waals surface area (Å²) in [5, 5.41) is 0.724. The Morgan fingerprint density at radius 3 is 3.12 bits per heavy atom. The molecule has 1 heterocycles. The fourth-order valence-electron chi connectivity index (χ4n) is 1.32. The summed E-state index contributed by atoms with van der Waals surface area (Å²) in [6, 6.07) is 7.73. The predicted molar refractivity (Wildman–Crippen MR) is 68.0 cm³/mol. The topological polar surface area (TPSA) is 55.0 Å². The summed E-state index contributed by atoms with van der Waals surface area (Å²) in [6.45, 7) is 3.73. The predicted octanol–water partition coefficient (Wildman–Crippen LogP) is 2.38. The van der Waals surface area contributed by atoms with Gasteiger partial charge in [-0.15, -0.1) is 0 Å². The van der Waals surface area contributed by atoms with Crippen molar-refractivity contribution in [3.8, 4) is 0 Å². The second kappa shape index (κ2) is 5.54. The third kappa shape index (κ3) is 3.10. The van der Waals surface area contributed by atoms with Crippen molar-refractivity contribution in [2.75, 3.05) is 12.4 Å². The van der Waals surface area contributed by atoms with Crippen molar-refractivity contribution >= 4 is 28.8 Å². The molecule has 0 fully saturated rings. The Balaban J connectivity index is 1.94. The van der Waals surface area contributed by atoms with Crippen LogP contribution in [0.1, 0.15) is 0 Å². The summed E-state index contributed by atoms with van der Waals surface area (Å²) in [4.78, 5) is 18.7. The maximum absolute atomic E-state index is 11.3. The van der Waals surface area contributed by atoms with E-state index >= 15 is 0 Å². The molecular formula is C12H12N2O2S. The highest BCUT2D eigenvalue weighted by Crippen LogP contribution is 2.18.